The predicted octanol–water partition coefficient (Wildman–Crippen LogP) is 2.12. The van der Waals surface area contributed by atoms with Crippen LogP contribution in [-0.2, 0) is 6.54 Å². The lowest BCUT2D eigenvalue weighted by Crippen LogP contribution is -3.15. The predicted molar refractivity (Wildman–Crippen MR) is 117 cm³/mol. The molecule has 0 radical (unpaired) electrons. The molecule has 0 saturated carbocycles. The third-order valence-corrected chi connectivity index (χ3v) is 6.03. The molecule has 164 valence electrons. The average molecular weight is 426 g/mol. The number of tetrazole rings is 1. The van der Waals surface area contributed by atoms with E-state index in [0.717, 1.165) is 61.8 Å². The Morgan fingerprint density at radius 3 is 2.42 bits per heavy atom. The molecule has 0 amide bonds. The number of nitrogens with zero attached hydrogens (tertiary/aromatic N) is 5. The maximum absolute atomic E-state index is 13.2. The van der Waals surface area contributed by atoms with Crippen LogP contribution in [0.3, 0.4) is 0 Å². The lowest BCUT2D eigenvalue weighted by Gasteiger charge is -2.37. The summed E-state index contributed by atoms with van der Waals surface area (Å²) in [4.78, 5) is 3.83. The van der Waals surface area contributed by atoms with Crippen molar-refractivity contribution >= 4 is 5.69 Å². The second kappa shape index (κ2) is 9.87. The molecule has 4 rings (SSSR count). The Morgan fingerprint density at radius 1 is 1.06 bits per heavy atom. The number of ether oxygens (including phenoxy) is 1. The van der Waals surface area contributed by atoms with Crippen molar-refractivity contribution in [3.8, 4) is 5.75 Å². The molecule has 3 aromatic rings. The van der Waals surface area contributed by atoms with Crippen molar-refractivity contribution in [3.63, 3.8) is 0 Å². The summed E-state index contributed by atoms with van der Waals surface area (Å²) in [5.41, 5.74) is 2.22. The average Bonchev–Trinajstić information content (AvgIpc) is 3.26. The van der Waals surface area contributed by atoms with E-state index in [1.807, 2.05) is 41.1 Å². The number of nitrogens with one attached hydrogen (secondary N) is 1. The van der Waals surface area contributed by atoms with Gasteiger partial charge in [-0.15, -0.1) is 5.10 Å². The molecule has 1 atom stereocenters. The number of hydrogen-bond donors (Lipinski definition) is 1. The van der Waals surface area contributed by atoms with E-state index in [1.54, 1.807) is 7.11 Å². The fraction of sp³-hybridized carbons (Fsp3) is 0.435. The topological polar surface area (TPSA) is 60.5 Å². The van der Waals surface area contributed by atoms with Crippen molar-refractivity contribution in [1.82, 2.24) is 20.2 Å². The number of benzene rings is 2. The van der Waals surface area contributed by atoms with Gasteiger partial charge in [0.2, 0.25) is 5.82 Å². The fourth-order valence-corrected chi connectivity index (χ4v) is 4.33. The molecule has 31 heavy (non-hydrogen) atoms. The fourth-order valence-electron chi connectivity index (χ4n) is 4.33. The van der Waals surface area contributed by atoms with Crippen molar-refractivity contribution in [1.29, 1.82) is 0 Å². The Hall–Kier alpha value is -3.00. The zero-order valence-corrected chi connectivity index (χ0v) is 18.2. The Morgan fingerprint density at radius 2 is 1.77 bits per heavy atom. The van der Waals surface area contributed by atoms with Crippen LogP contribution in [0, 0.1) is 5.82 Å². The van der Waals surface area contributed by atoms with Crippen LogP contribution in [0.5, 0.6) is 5.75 Å². The summed E-state index contributed by atoms with van der Waals surface area (Å²) in [6.07, 6.45) is 2.11. The van der Waals surface area contributed by atoms with E-state index in [0.29, 0.717) is 6.54 Å². The van der Waals surface area contributed by atoms with Crippen LogP contribution in [0.25, 0.3) is 0 Å². The second-order valence-corrected chi connectivity index (χ2v) is 8.01. The van der Waals surface area contributed by atoms with Gasteiger partial charge in [-0.25, -0.2) is 9.07 Å². The standard InChI is InChI=1S/C23H29FN6O/c1-3-4-22(29-15-13-28(14-16-29)20-9-7-19(24)8-10-20)23-25-26-27-30(23)17-18-5-11-21(31-2)12-6-18/h5-12,22H,3-4,13-17H2,1-2H3/p+1/t22-/m1/s1. The van der Waals surface area contributed by atoms with Gasteiger partial charge in [0.1, 0.15) is 17.6 Å². The number of methoxy groups -OCH3 is 1. The number of piperazine rings is 1. The van der Waals surface area contributed by atoms with E-state index in [-0.39, 0.29) is 11.9 Å². The minimum atomic E-state index is -0.195. The molecule has 0 aliphatic carbocycles. The van der Waals surface area contributed by atoms with Gasteiger partial charge in [-0.05, 0) is 52.4 Å². The van der Waals surface area contributed by atoms with Gasteiger partial charge in [-0.1, -0.05) is 25.5 Å². The quantitative estimate of drug-likeness (QED) is 0.599. The summed E-state index contributed by atoms with van der Waals surface area (Å²) < 4.78 is 20.4. The molecule has 0 bridgehead atoms. The summed E-state index contributed by atoms with van der Waals surface area (Å²) in [5.74, 6) is 1.59. The number of halogens is 1. The molecule has 2 aromatic carbocycles. The van der Waals surface area contributed by atoms with Crippen molar-refractivity contribution in [2.45, 2.75) is 32.4 Å². The smallest absolute Gasteiger partial charge is 0.209 e. The van der Waals surface area contributed by atoms with Gasteiger partial charge < -0.3 is 14.5 Å². The summed E-state index contributed by atoms with van der Waals surface area (Å²) in [5, 5.41) is 12.7. The first-order valence-corrected chi connectivity index (χ1v) is 10.9. The molecule has 2 heterocycles. The SMILES string of the molecule is CCC[C@H](c1nnnn1Cc1ccc(OC)cc1)[NH+]1CCN(c2ccc(F)cc2)CC1. The number of hydrogen-bond acceptors (Lipinski definition) is 5. The molecule has 1 aromatic heterocycles. The number of aromatic nitrogens is 4. The van der Waals surface area contributed by atoms with Gasteiger partial charge in [-0.3, -0.25) is 0 Å². The highest BCUT2D eigenvalue weighted by atomic mass is 19.1. The van der Waals surface area contributed by atoms with Crippen LogP contribution >= 0.6 is 0 Å². The lowest BCUT2D eigenvalue weighted by atomic mass is 10.1. The Kier molecular flexibility index (Phi) is 6.76. The Bertz CT molecular complexity index is 951. The van der Waals surface area contributed by atoms with Crippen LogP contribution in [0.1, 0.15) is 37.2 Å². The molecule has 8 heteroatoms. The van der Waals surface area contributed by atoms with Crippen molar-refractivity contribution in [3.05, 3.63) is 65.7 Å². The van der Waals surface area contributed by atoms with E-state index in [9.17, 15) is 4.39 Å². The first-order valence-electron chi connectivity index (χ1n) is 10.9. The molecule has 0 unspecified atom stereocenters. The van der Waals surface area contributed by atoms with Gasteiger partial charge in [0, 0.05) is 12.1 Å². The molecular formula is C23H30FN6O+. The monoisotopic (exact) mass is 425 g/mol. The van der Waals surface area contributed by atoms with Gasteiger partial charge in [-0.2, -0.15) is 0 Å². The van der Waals surface area contributed by atoms with Gasteiger partial charge >= 0.3 is 0 Å². The minimum absolute atomic E-state index is 0.195. The molecule has 1 fully saturated rings. The summed E-state index contributed by atoms with van der Waals surface area (Å²) >= 11 is 0. The third kappa shape index (κ3) is 5.02. The van der Waals surface area contributed by atoms with E-state index < -0.39 is 0 Å². The highest BCUT2D eigenvalue weighted by molar-refractivity contribution is 5.46. The number of anilines is 1. The molecule has 0 spiro atoms. The van der Waals surface area contributed by atoms with Crippen molar-refractivity contribution in [2.75, 3.05) is 38.2 Å². The van der Waals surface area contributed by atoms with Gasteiger partial charge in [0.25, 0.3) is 0 Å². The molecule has 1 N–H and O–H groups in total. The largest absolute Gasteiger partial charge is 0.497 e. The van der Waals surface area contributed by atoms with Crippen molar-refractivity contribution in [2.24, 2.45) is 0 Å². The van der Waals surface area contributed by atoms with Gasteiger partial charge in [0.05, 0.1) is 39.8 Å². The van der Waals surface area contributed by atoms with Crippen molar-refractivity contribution < 1.29 is 14.0 Å². The van der Waals surface area contributed by atoms with E-state index in [4.69, 9.17) is 4.74 Å². The summed E-state index contributed by atoms with van der Waals surface area (Å²) in [7, 11) is 1.67. The number of rotatable bonds is 8. The second-order valence-electron chi connectivity index (χ2n) is 8.01. The first-order chi connectivity index (χ1) is 15.2. The van der Waals surface area contributed by atoms with Crippen LogP contribution < -0.4 is 14.5 Å². The highest BCUT2D eigenvalue weighted by Crippen LogP contribution is 2.18. The van der Waals surface area contributed by atoms with E-state index in [1.165, 1.54) is 17.0 Å². The van der Waals surface area contributed by atoms with Crippen LogP contribution in [0.2, 0.25) is 0 Å². The zero-order chi connectivity index (χ0) is 21.6. The molecule has 1 aliphatic heterocycles. The van der Waals surface area contributed by atoms with Crippen LogP contribution in [0.4, 0.5) is 10.1 Å². The van der Waals surface area contributed by atoms with E-state index in [2.05, 4.69) is 27.3 Å². The maximum atomic E-state index is 13.2. The highest BCUT2D eigenvalue weighted by Gasteiger charge is 2.32. The first kappa shape index (κ1) is 21.2. The van der Waals surface area contributed by atoms with E-state index >= 15 is 0 Å². The Balaban J connectivity index is 1.45. The number of quaternary nitrogens is 1. The summed E-state index contributed by atoms with van der Waals surface area (Å²) in [6, 6.07) is 15.1. The molecule has 1 saturated heterocycles. The molecular weight excluding hydrogens is 395 g/mol. The zero-order valence-electron chi connectivity index (χ0n) is 18.2. The maximum Gasteiger partial charge on any atom is 0.209 e. The van der Waals surface area contributed by atoms with Crippen LogP contribution in [-0.4, -0.2) is 53.5 Å². The van der Waals surface area contributed by atoms with Gasteiger partial charge in [0.15, 0.2) is 0 Å². The third-order valence-electron chi connectivity index (χ3n) is 6.03. The van der Waals surface area contributed by atoms with Crippen LogP contribution in [0.15, 0.2) is 48.5 Å². The lowest BCUT2D eigenvalue weighted by molar-refractivity contribution is -0.933. The molecule has 7 nitrogen and oxygen atoms in total. The summed E-state index contributed by atoms with van der Waals surface area (Å²) in [6.45, 7) is 6.71. The normalized spacial score (nSPS) is 15.8. The minimum Gasteiger partial charge on any atom is -0.497 e. The molecule has 1 aliphatic rings. The Labute approximate surface area is 182 Å².